The van der Waals surface area contributed by atoms with Gasteiger partial charge in [-0.3, -0.25) is 4.79 Å². The van der Waals surface area contributed by atoms with E-state index in [4.69, 9.17) is 4.74 Å². The van der Waals surface area contributed by atoms with Gasteiger partial charge >= 0.3 is 0 Å². The van der Waals surface area contributed by atoms with Gasteiger partial charge in [-0.2, -0.15) is 0 Å². The molecule has 1 N–H and O–H groups in total. The fraction of sp³-hybridized carbons (Fsp3) is 0.350. The van der Waals surface area contributed by atoms with E-state index in [9.17, 15) is 13.6 Å². The summed E-state index contributed by atoms with van der Waals surface area (Å²) >= 11 is 0. The van der Waals surface area contributed by atoms with Crippen LogP contribution in [0.25, 0.3) is 0 Å². The summed E-state index contributed by atoms with van der Waals surface area (Å²) in [5.41, 5.74) is 0.901. The van der Waals surface area contributed by atoms with Gasteiger partial charge in [0.1, 0.15) is 11.6 Å². The largest absolute Gasteiger partial charge is 0.381 e. The lowest BCUT2D eigenvalue weighted by atomic mass is 9.73. The van der Waals surface area contributed by atoms with Gasteiger partial charge in [-0.15, -0.1) is 0 Å². The Labute approximate surface area is 146 Å². The molecule has 132 valence electrons. The van der Waals surface area contributed by atoms with Gasteiger partial charge in [0.2, 0.25) is 5.91 Å². The summed E-state index contributed by atoms with van der Waals surface area (Å²) in [5.74, 6) is -1.27. The average molecular weight is 345 g/mol. The molecule has 1 fully saturated rings. The lowest BCUT2D eigenvalue weighted by Crippen LogP contribution is -2.48. The molecule has 0 bridgehead atoms. The van der Waals surface area contributed by atoms with Gasteiger partial charge in [0, 0.05) is 25.8 Å². The summed E-state index contributed by atoms with van der Waals surface area (Å²) in [4.78, 5) is 12.9. The molecule has 0 unspecified atom stereocenters. The van der Waals surface area contributed by atoms with E-state index in [0.717, 1.165) is 11.6 Å². The molecule has 3 nitrogen and oxygen atoms in total. The minimum Gasteiger partial charge on any atom is -0.381 e. The number of rotatable bonds is 5. The summed E-state index contributed by atoms with van der Waals surface area (Å²) in [6.45, 7) is 1.41. The molecule has 3 rings (SSSR count). The highest BCUT2D eigenvalue weighted by Crippen LogP contribution is 2.35. The first kappa shape index (κ1) is 17.5. The van der Waals surface area contributed by atoms with Gasteiger partial charge in [-0.25, -0.2) is 8.78 Å². The van der Waals surface area contributed by atoms with Gasteiger partial charge in [0.05, 0.1) is 5.41 Å². The van der Waals surface area contributed by atoms with Crippen LogP contribution in [-0.4, -0.2) is 25.7 Å². The monoisotopic (exact) mass is 345 g/mol. The van der Waals surface area contributed by atoms with Gasteiger partial charge in [0.15, 0.2) is 0 Å². The average Bonchev–Trinajstić information content (AvgIpc) is 2.62. The third-order valence-corrected chi connectivity index (χ3v) is 4.73. The molecule has 1 amide bonds. The molecule has 0 radical (unpaired) electrons. The second-order valence-corrected chi connectivity index (χ2v) is 6.34. The minimum absolute atomic E-state index is 0.0566. The molecule has 1 saturated heterocycles. The van der Waals surface area contributed by atoms with Crippen LogP contribution in [0.1, 0.15) is 24.0 Å². The Morgan fingerprint density at radius 3 is 2.32 bits per heavy atom. The molecule has 1 heterocycles. The quantitative estimate of drug-likeness (QED) is 0.902. The van der Waals surface area contributed by atoms with Gasteiger partial charge in [-0.05, 0) is 42.5 Å². The lowest BCUT2D eigenvalue weighted by Gasteiger charge is -2.36. The number of nitrogens with one attached hydrogen (secondary N) is 1. The van der Waals surface area contributed by atoms with Crippen LogP contribution in [0.3, 0.4) is 0 Å². The van der Waals surface area contributed by atoms with E-state index < -0.39 is 17.0 Å². The minimum atomic E-state index is -0.605. The number of carbonyl (C=O) groups excluding carboxylic acids is 1. The van der Waals surface area contributed by atoms with E-state index in [-0.39, 0.29) is 5.91 Å². The zero-order chi connectivity index (χ0) is 17.7. The Kier molecular flexibility index (Phi) is 5.43. The number of halogens is 2. The highest BCUT2D eigenvalue weighted by Gasteiger charge is 2.41. The van der Waals surface area contributed by atoms with Crippen molar-refractivity contribution in [2.75, 3.05) is 19.8 Å². The molecule has 2 aromatic carbocycles. The molecular weight excluding hydrogens is 324 g/mol. The van der Waals surface area contributed by atoms with Crippen LogP contribution in [0.2, 0.25) is 0 Å². The molecule has 0 spiro atoms. The number of amides is 1. The van der Waals surface area contributed by atoms with Crippen molar-refractivity contribution in [3.05, 3.63) is 71.3 Å². The molecular formula is C20H21F2NO2. The van der Waals surface area contributed by atoms with E-state index >= 15 is 0 Å². The second kappa shape index (κ2) is 7.74. The van der Waals surface area contributed by atoms with E-state index in [1.54, 1.807) is 0 Å². The smallest absolute Gasteiger partial charge is 0.230 e. The van der Waals surface area contributed by atoms with Gasteiger partial charge in [0.25, 0.3) is 0 Å². The number of carbonyl (C=O) groups is 1. The van der Waals surface area contributed by atoms with Crippen LogP contribution in [0, 0.1) is 11.6 Å². The first-order chi connectivity index (χ1) is 12.1. The summed E-state index contributed by atoms with van der Waals surface area (Å²) in [6.07, 6.45) is 1.62. The molecule has 25 heavy (non-hydrogen) atoms. The Morgan fingerprint density at radius 1 is 1.04 bits per heavy atom. The van der Waals surface area contributed by atoms with E-state index in [2.05, 4.69) is 5.32 Å². The van der Waals surface area contributed by atoms with Crippen molar-refractivity contribution >= 4 is 5.91 Å². The van der Waals surface area contributed by atoms with Crippen LogP contribution < -0.4 is 5.32 Å². The molecule has 2 aromatic rings. The van der Waals surface area contributed by atoms with Crippen LogP contribution in [0.15, 0.2) is 48.5 Å². The first-order valence-electron chi connectivity index (χ1n) is 8.47. The summed E-state index contributed by atoms with van der Waals surface area (Å²) in [7, 11) is 0. The third-order valence-electron chi connectivity index (χ3n) is 4.73. The van der Waals surface area contributed by atoms with Crippen LogP contribution in [-0.2, 0) is 21.4 Å². The fourth-order valence-corrected chi connectivity index (χ4v) is 3.37. The molecule has 0 aliphatic carbocycles. The molecule has 5 heteroatoms. The number of hydrogen-bond donors (Lipinski definition) is 1. The molecule has 0 aromatic heterocycles. The molecule has 1 aliphatic rings. The summed E-state index contributed by atoms with van der Waals surface area (Å²) in [6, 6.07) is 13.1. The van der Waals surface area contributed by atoms with Crippen molar-refractivity contribution in [2.24, 2.45) is 0 Å². The summed E-state index contributed by atoms with van der Waals surface area (Å²) < 4.78 is 31.9. The summed E-state index contributed by atoms with van der Waals surface area (Å²) in [5, 5.41) is 2.94. The standard InChI is InChI=1S/C20H21F2NO2/c21-17-12-15(13-18(22)14-17)6-9-23-19(24)20(7-10-25-11-8-20)16-4-2-1-3-5-16/h1-5,12-14H,6-11H2,(H,23,24). The van der Waals surface area contributed by atoms with Crippen molar-refractivity contribution in [3.8, 4) is 0 Å². The predicted octanol–water partition coefficient (Wildman–Crippen LogP) is 3.37. The Morgan fingerprint density at radius 2 is 1.68 bits per heavy atom. The van der Waals surface area contributed by atoms with E-state index in [1.807, 2.05) is 30.3 Å². The number of ether oxygens (including phenoxy) is 1. The van der Waals surface area contributed by atoms with E-state index in [0.29, 0.717) is 44.6 Å². The van der Waals surface area contributed by atoms with Crippen molar-refractivity contribution in [2.45, 2.75) is 24.7 Å². The van der Waals surface area contributed by atoms with Crippen molar-refractivity contribution in [1.29, 1.82) is 0 Å². The normalized spacial score (nSPS) is 16.4. The number of hydrogen-bond acceptors (Lipinski definition) is 2. The van der Waals surface area contributed by atoms with Gasteiger partial charge < -0.3 is 10.1 Å². The maximum atomic E-state index is 13.2. The topological polar surface area (TPSA) is 38.3 Å². The zero-order valence-corrected chi connectivity index (χ0v) is 13.9. The third kappa shape index (κ3) is 4.04. The predicted molar refractivity (Wildman–Crippen MR) is 91.2 cm³/mol. The highest BCUT2D eigenvalue weighted by atomic mass is 19.1. The van der Waals surface area contributed by atoms with Crippen LogP contribution >= 0.6 is 0 Å². The highest BCUT2D eigenvalue weighted by molar-refractivity contribution is 5.88. The molecule has 1 aliphatic heterocycles. The fourth-order valence-electron chi connectivity index (χ4n) is 3.37. The van der Waals surface area contributed by atoms with Crippen molar-refractivity contribution in [1.82, 2.24) is 5.32 Å². The zero-order valence-electron chi connectivity index (χ0n) is 13.9. The van der Waals surface area contributed by atoms with Crippen molar-refractivity contribution in [3.63, 3.8) is 0 Å². The Balaban J connectivity index is 1.69. The number of benzene rings is 2. The Hall–Kier alpha value is -2.27. The van der Waals surface area contributed by atoms with Crippen molar-refractivity contribution < 1.29 is 18.3 Å². The molecule has 0 saturated carbocycles. The van der Waals surface area contributed by atoms with Crippen LogP contribution in [0.4, 0.5) is 8.78 Å². The lowest BCUT2D eigenvalue weighted by molar-refractivity contribution is -0.130. The molecule has 0 atom stereocenters. The SMILES string of the molecule is O=C(NCCc1cc(F)cc(F)c1)C1(c2ccccc2)CCOCC1. The maximum Gasteiger partial charge on any atom is 0.230 e. The second-order valence-electron chi connectivity index (χ2n) is 6.34. The van der Waals surface area contributed by atoms with Crippen LogP contribution in [0.5, 0.6) is 0 Å². The van der Waals surface area contributed by atoms with Gasteiger partial charge in [-0.1, -0.05) is 30.3 Å². The van der Waals surface area contributed by atoms with E-state index in [1.165, 1.54) is 12.1 Å². The first-order valence-corrected chi connectivity index (χ1v) is 8.47. The Bertz CT molecular complexity index is 707. The maximum absolute atomic E-state index is 13.2.